The van der Waals surface area contributed by atoms with Gasteiger partial charge >= 0.3 is 0 Å². The number of fused-ring (bicyclic) bond motifs is 1. The van der Waals surface area contributed by atoms with E-state index in [1.165, 1.54) is 0 Å². The number of unbranched alkanes of at least 4 members (excludes halogenated alkanes) is 3. The molecule has 2 heterocycles. The molecule has 0 amide bonds. The molecule has 0 fully saturated rings. The predicted octanol–water partition coefficient (Wildman–Crippen LogP) is 4.62. The maximum absolute atomic E-state index is 12.5. The van der Waals surface area contributed by atoms with Crippen LogP contribution in [0.2, 0.25) is 0 Å². The number of nitrogens with two attached hydrogens (primary N) is 1. The zero-order chi connectivity index (χ0) is 21.7. The van der Waals surface area contributed by atoms with Crippen LogP contribution in [0.3, 0.4) is 0 Å². The van der Waals surface area contributed by atoms with E-state index < -0.39 is 9.84 Å². The van der Waals surface area contributed by atoms with Crippen LogP contribution in [0.5, 0.6) is 0 Å². The highest BCUT2D eigenvalue weighted by Crippen LogP contribution is 2.27. The molecule has 6 nitrogen and oxygen atoms in total. The molecule has 3 aromatic rings. The molecule has 0 saturated heterocycles. The number of benzene rings is 1. The van der Waals surface area contributed by atoms with E-state index in [0.29, 0.717) is 17.1 Å². The number of rotatable bonds is 10. The molecule has 0 unspecified atom stereocenters. The standard InChI is InChI=1S/C23H32N4O2S/c1-4-5-14-20-26-21-22(17(2)18(3)25-23(21)24)27(20)15-10-7-11-16-30(28,29)19-12-8-6-9-13-19/h6,8-9,12-13H,4-5,7,10-11,14-16H2,1-3H3,(H2,24,25). The highest BCUT2D eigenvalue weighted by atomic mass is 32.2. The first-order valence-corrected chi connectivity index (χ1v) is 12.4. The minimum atomic E-state index is -3.21. The summed E-state index contributed by atoms with van der Waals surface area (Å²) >= 11 is 0. The van der Waals surface area contributed by atoms with Crippen molar-refractivity contribution < 1.29 is 8.42 Å². The van der Waals surface area contributed by atoms with E-state index in [1.54, 1.807) is 24.3 Å². The first kappa shape index (κ1) is 22.3. The highest BCUT2D eigenvalue weighted by molar-refractivity contribution is 7.91. The van der Waals surface area contributed by atoms with Crippen LogP contribution in [0, 0.1) is 13.8 Å². The van der Waals surface area contributed by atoms with E-state index in [-0.39, 0.29) is 5.75 Å². The number of pyridine rings is 1. The molecular weight excluding hydrogens is 396 g/mol. The van der Waals surface area contributed by atoms with Crippen molar-refractivity contribution in [2.24, 2.45) is 0 Å². The normalized spacial score (nSPS) is 12.0. The number of hydrogen-bond acceptors (Lipinski definition) is 5. The van der Waals surface area contributed by atoms with E-state index in [0.717, 1.165) is 66.8 Å². The number of imidazole rings is 1. The van der Waals surface area contributed by atoms with Gasteiger partial charge in [0.25, 0.3) is 0 Å². The van der Waals surface area contributed by atoms with Crippen LogP contribution in [0.15, 0.2) is 35.2 Å². The van der Waals surface area contributed by atoms with E-state index in [2.05, 4.69) is 23.4 Å². The molecule has 0 radical (unpaired) electrons. The smallest absolute Gasteiger partial charge is 0.178 e. The SMILES string of the molecule is CCCCc1nc2c(N)nc(C)c(C)c2n1CCCCCS(=O)(=O)c1ccccc1. The van der Waals surface area contributed by atoms with Crippen LogP contribution < -0.4 is 5.73 Å². The summed E-state index contributed by atoms with van der Waals surface area (Å²) in [5, 5.41) is 0. The Morgan fingerprint density at radius 3 is 2.43 bits per heavy atom. The van der Waals surface area contributed by atoms with Crippen molar-refractivity contribution in [2.45, 2.75) is 70.7 Å². The second-order valence-electron chi connectivity index (χ2n) is 7.88. The van der Waals surface area contributed by atoms with E-state index in [1.807, 2.05) is 13.0 Å². The van der Waals surface area contributed by atoms with Gasteiger partial charge in [-0.05, 0) is 50.8 Å². The van der Waals surface area contributed by atoms with Crippen LogP contribution >= 0.6 is 0 Å². The third kappa shape index (κ3) is 4.83. The Kier molecular flexibility index (Phi) is 7.13. The molecule has 7 heteroatoms. The van der Waals surface area contributed by atoms with Crippen molar-refractivity contribution in [2.75, 3.05) is 11.5 Å². The number of aryl methyl sites for hydroxylation is 4. The molecule has 2 N–H and O–H groups in total. The van der Waals surface area contributed by atoms with Gasteiger partial charge in [0, 0.05) is 18.7 Å². The second-order valence-corrected chi connectivity index (χ2v) is 9.99. The molecular formula is C23H32N4O2S. The highest BCUT2D eigenvalue weighted by Gasteiger charge is 2.17. The van der Waals surface area contributed by atoms with Gasteiger partial charge in [0.1, 0.15) is 11.3 Å². The summed E-state index contributed by atoms with van der Waals surface area (Å²) in [5.41, 5.74) is 10.1. The summed E-state index contributed by atoms with van der Waals surface area (Å²) in [4.78, 5) is 9.65. The van der Waals surface area contributed by atoms with Crippen molar-refractivity contribution in [1.82, 2.24) is 14.5 Å². The van der Waals surface area contributed by atoms with E-state index in [4.69, 9.17) is 10.7 Å². The second kappa shape index (κ2) is 9.60. The number of anilines is 1. The summed E-state index contributed by atoms with van der Waals surface area (Å²) < 4.78 is 27.2. The minimum Gasteiger partial charge on any atom is -0.382 e. The molecule has 0 saturated carbocycles. The average Bonchev–Trinajstić information content (AvgIpc) is 3.10. The van der Waals surface area contributed by atoms with Crippen molar-refractivity contribution >= 4 is 26.7 Å². The van der Waals surface area contributed by atoms with Crippen molar-refractivity contribution in [3.8, 4) is 0 Å². The number of nitrogens with zero attached hydrogens (tertiary/aromatic N) is 3. The number of sulfone groups is 1. The van der Waals surface area contributed by atoms with Gasteiger partial charge < -0.3 is 10.3 Å². The van der Waals surface area contributed by atoms with Crippen molar-refractivity contribution in [3.05, 3.63) is 47.4 Å². The zero-order valence-electron chi connectivity index (χ0n) is 18.2. The van der Waals surface area contributed by atoms with Gasteiger partial charge in [-0.3, -0.25) is 0 Å². The monoisotopic (exact) mass is 428 g/mol. The molecule has 0 aliphatic heterocycles. The molecule has 0 atom stereocenters. The molecule has 1 aromatic carbocycles. The fourth-order valence-corrected chi connectivity index (χ4v) is 5.19. The number of aromatic nitrogens is 3. The summed E-state index contributed by atoms with van der Waals surface area (Å²) in [5.74, 6) is 1.71. The van der Waals surface area contributed by atoms with Crippen LogP contribution in [0.1, 0.15) is 56.1 Å². The van der Waals surface area contributed by atoms with Crippen LogP contribution in [-0.4, -0.2) is 28.7 Å². The summed E-state index contributed by atoms with van der Waals surface area (Å²) in [7, 11) is -3.21. The molecule has 0 aliphatic rings. The largest absolute Gasteiger partial charge is 0.382 e. The fraction of sp³-hybridized carbons (Fsp3) is 0.478. The third-order valence-corrected chi connectivity index (χ3v) is 7.44. The van der Waals surface area contributed by atoms with Gasteiger partial charge in [-0.15, -0.1) is 0 Å². The van der Waals surface area contributed by atoms with Gasteiger partial charge in [-0.1, -0.05) is 38.0 Å². The first-order chi connectivity index (χ1) is 14.3. The quantitative estimate of drug-likeness (QED) is 0.476. The first-order valence-electron chi connectivity index (χ1n) is 10.7. The van der Waals surface area contributed by atoms with Crippen LogP contribution in [0.4, 0.5) is 5.82 Å². The fourth-order valence-electron chi connectivity index (χ4n) is 3.80. The zero-order valence-corrected chi connectivity index (χ0v) is 19.0. The lowest BCUT2D eigenvalue weighted by Crippen LogP contribution is -2.08. The molecule has 3 rings (SSSR count). The summed E-state index contributed by atoms with van der Waals surface area (Å²) in [6, 6.07) is 8.68. The molecule has 0 aliphatic carbocycles. The minimum absolute atomic E-state index is 0.180. The lowest BCUT2D eigenvalue weighted by Gasteiger charge is -2.12. The van der Waals surface area contributed by atoms with Crippen LogP contribution in [-0.2, 0) is 22.8 Å². The molecule has 0 bridgehead atoms. The van der Waals surface area contributed by atoms with Gasteiger partial charge in [0.2, 0.25) is 0 Å². The van der Waals surface area contributed by atoms with Crippen molar-refractivity contribution in [1.29, 1.82) is 0 Å². The Bertz CT molecular complexity index is 1110. The lowest BCUT2D eigenvalue weighted by molar-refractivity contribution is 0.569. The number of nitrogen functional groups attached to an aromatic ring is 1. The van der Waals surface area contributed by atoms with Gasteiger partial charge in [0.05, 0.1) is 16.2 Å². The molecule has 0 spiro atoms. The van der Waals surface area contributed by atoms with Gasteiger partial charge in [0.15, 0.2) is 15.7 Å². The van der Waals surface area contributed by atoms with Crippen molar-refractivity contribution in [3.63, 3.8) is 0 Å². The lowest BCUT2D eigenvalue weighted by atomic mass is 10.1. The Hall–Kier alpha value is -2.41. The Morgan fingerprint density at radius 1 is 1.00 bits per heavy atom. The van der Waals surface area contributed by atoms with Gasteiger partial charge in [-0.2, -0.15) is 0 Å². The summed E-state index contributed by atoms with van der Waals surface area (Å²) in [6.07, 6.45) is 5.48. The molecule has 2 aromatic heterocycles. The van der Waals surface area contributed by atoms with Gasteiger partial charge in [-0.25, -0.2) is 18.4 Å². The van der Waals surface area contributed by atoms with Crippen LogP contribution in [0.25, 0.3) is 11.0 Å². The van der Waals surface area contributed by atoms with E-state index >= 15 is 0 Å². The maximum atomic E-state index is 12.5. The molecule has 30 heavy (non-hydrogen) atoms. The maximum Gasteiger partial charge on any atom is 0.178 e. The average molecular weight is 429 g/mol. The Labute approximate surface area is 179 Å². The number of hydrogen-bond donors (Lipinski definition) is 1. The Balaban J connectivity index is 1.71. The summed E-state index contributed by atoms with van der Waals surface area (Å²) in [6.45, 7) is 7.02. The molecule has 162 valence electrons. The van der Waals surface area contributed by atoms with E-state index in [9.17, 15) is 8.42 Å². The third-order valence-electron chi connectivity index (χ3n) is 5.63. The predicted molar refractivity (Wildman–Crippen MR) is 122 cm³/mol. The topological polar surface area (TPSA) is 90.9 Å². The Morgan fingerprint density at radius 2 is 1.73 bits per heavy atom.